The molecular weight excluding hydrogens is 250 g/mol. The summed E-state index contributed by atoms with van der Waals surface area (Å²) in [6.07, 6.45) is 0. The molecule has 1 N–H and O–H groups in total. The molecule has 0 saturated heterocycles. The van der Waals surface area contributed by atoms with Gasteiger partial charge in [-0.3, -0.25) is 0 Å². The number of aryl methyl sites for hydroxylation is 1. The van der Waals surface area contributed by atoms with Gasteiger partial charge in [0.25, 0.3) is 0 Å². The minimum absolute atomic E-state index is 0.105. The number of likely N-dealkylation sites (N-methyl/N-ethyl adjacent to an activating group) is 1. The first-order chi connectivity index (χ1) is 8.30. The monoisotopic (exact) mass is 271 g/mol. The van der Waals surface area contributed by atoms with Crippen molar-refractivity contribution in [3.05, 3.63) is 29.3 Å². The van der Waals surface area contributed by atoms with E-state index in [0.717, 1.165) is 11.1 Å². The van der Waals surface area contributed by atoms with Crippen LogP contribution in [0.15, 0.2) is 23.1 Å². The maximum atomic E-state index is 12.3. The number of rotatable bonds is 5. The maximum absolute atomic E-state index is 12.3. The van der Waals surface area contributed by atoms with Crippen molar-refractivity contribution in [2.24, 2.45) is 0 Å². The largest absolute Gasteiger partial charge is 0.395 e. The van der Waals surface area contributed by atoms with Crippen LogP contribution in [0.4, 0.5) is 0 Å². The molecule has 0 saturated carbocycles. The fourth-order valence-corrected chi connectivity index (χ4v) is 3.10. The fraction of sp³-hybridized carbons (Fsp3) is 0.538. The van der Waals surface area contributed by atoms with Crippen LogP contribution < -0.4 is 0 Å². The number of hydrogen-bond acceptors (Lipinski definition) is 3. The quantitative estimate of drug-likeness (QED) is 0.887. The summed E-state index contributed by atoms with van der Waals surface area (Å²) < 4.78 is 25.8. The van der Waals surface area contributed by atoms with Gasteiger partial charge in [-0.05, 0) is 30.0 Å². The Balaban J connectivity index is 3.27. The first-order valence-electron chi connectivity index (χ1n) is 5.98. The van der Waals surface area contributed by atoms with Crippen molar-refractivity contribution < 1.29 is 13.5 Å². The normalized spacial score (nSPS) is 12.4. The molecule has 0 spiro atoms. The Morgan fingerprint density at radius 2 is 1.94 bits per heavy atom. The highest BCUT2D eigenvalue weighted by Gasteiger charge is 2.22. The van der Waals surface area contributed by atoms with Crippen LogP contribution in [-0.4, -0.2) is 38.0 Å². The fourth-order valence-electron chi connectivity index (χ4n) is 1.68. The van der Waals surface area contributed by atoms with Gasteiger partial charge in [-0.25, -0.2) is 8.42 Å². The van der Waals surface area contributed by atoms with E-state index in [1.165, 1.54) is 11.4 Å². The Bertz CT molecular complexity index is 509. The Hall–Kier alpha value is -0.910. The molecule has 0 aromatic heterocycles. The second kappa shape index (κ2) is 5.82. The molecule has 0 radical (unpaired) electrons. The van der Waals surface area contributed by atoms with Crippen molar-refractivity contribution in [2.45, 2.75) is 31.6 Å². The lowest BCUT2D eigenvalue weighted by molar-refractivity contribution is 0.266. The predicted molar refractivity (Wildman–Crippen MR) is 72.2 cm³/mol. The number of sulfonamides is 1. The van der Waals surface area contributed by atoms with Gasteiger partial charge in [-0.2, -0.15) is 4.31 Å². The highest BCUT2D eigenvalue weighted by atomic mass is 32.2. The molecule has 0 aliphatic carbocycles. The second-order valence-corrected chi connectivity index (χ2v) is 6.74. The summed E-state index contributed by atoms with van der Waals surface area (Å²) in [5.74, 6) is 0.280. The average Bonchev–Trinajstić information content (AvgIpc) is 2.29. The zero-order valence-corrected chi connectivity index (χ0v) is 12.2. The molecule has 0 atom stereocenters. The summed E-state index contributed by atoms with van der Waals surface area (Å²) in [5, 5.41) is 8.85. The summed E-state index contributed by atoms with van der Waals surface area (Å²) in [7, 11) is -2.04. The Labute approximate surface area is 109 Å². The highest BCUT2D eigenvalue weighted by molar-refractivity contribution is 7.89. The lowest BCUT2D eigenvalue weighted by Crippen LogP contribution is -2.30. The van der Waals surface area contributed by atoms with Crippen LogP contribution in [0.5, 0.6) is 0 Å². The first-order valence-corrected chi connectivity index (χ1v) is 7.42. The summed E-state index contributed by atoms with van der Waals surface area (Å²) in [6, 6.07) is 5.50. The van der Waals surface area contributed by atoms with E-state index in [9.17, 15) is 8.42 Å². The third-order valence-electron chi connectivity index (χ3n) is 2.98. The van der Waals surface area contributed by atoms with Gasteiger partial charge in [-0.1, -0.05) is 26.0 Å². The molecular formula is C13H21NO3S. The van der Waals surface area contributed by atoms with Crippen molar-refractivity contribution in [1.29, 1.82) is 0 Å². The van der Waals surface area contributed by atoms with Gasteiger partial charge in [-0.15, -0.1) is 0 Å². The Morgan fingerprint density at radius 3 is 2.44 bits per heavy atom. The van der Waals surface area contributed by atoms with Crippen molar-refractivity contribution in [3.8, 4) is 0 Å². The molecule has 0 fully saturated rings. The van der Waals surface area contributed by atoms with E-state index >= 15 is 0 Å². The summed E-state index contributed by atoms with van der Waals surface area (Å²) in [6.45, 7) is 5.76. The first kappa shape index (κ1) is 15.1. The minimum atomic E-state index is -3.51. The van der Waals surface area contributed by atoms with E-state index in [1.807, 2.05) is 26.0 Å². The summed E-state index contributed by atoms with van der Waals surface area (Å²) in [5.41, 5.74) is 1.72. The van der Waals surface area contributed by atoms with E-state index in [0.29, 0.717) is 4.90 Å². The third-order valence-corrected chi connectivity index (χ3v) is 4.98. The van der Waals surface area contributed by atoms with Gasteiger partial charge in [0.2, 0.25) is 10.0 Å². The molecule has 5 heteroatoms. The van der Waals surface area contributed by atoms with Gasteiger partial charge >= 0.3 is 0 Å². The summed E-state index contributed by atoms with van der Waals surface area (Å²) in [4.78, 5) is 0.324. The number of nitrogens with zero attached hydrogens (tertiary/aromatic N) is 1. The third kappa shape index (κ3) is 3.10. The standard InChI is InChI=1S/C13H21NO3S/c1-10(2)12-6-5-11(3)13(9-12)18(16,17)14(4)7-8-15/h5-6,9-10,15H,7-8H2,1-4H3. The van der Waals surface area contributed by atoms with E-state index in [-0.39, 0.29) is 19.1 Å². The van der Waals surface area contributed by atoms with Crippen LogP contribution in [0.3, 0.4) is 0 Å². The molecule has 0 amide bonds. The molecule has 18 heavy (non-hydrogen) atoms. The van der Waals surface area contributed by atoms with Gasteiger partial charge in [0.15, 0.2) is 0 Å². The zero-order valence-electron chi connectivity index (χ0n) is 11.3. The Kier molecular flexibility index (Phi) is 4.90. The van der Waals surface area contributed by atoms with E-state index < -0.39 is 10.0 Å². The van der Waals surface area contributed by atoms with E-state index in [2.05, 4.69) is 0 Å². The molecule has 102 valence electrons. The predicted octanol–water partition coefficient (Wildman–Crippen LogP) is 1.73. The molecule has 0 aliphatic rings. The van der Waals surface area contributed by atoms with Crippen molar-refractivity contribution >= 4 is 10.0 Å². The van der Waals surface area contributed by atoms with Crippen molar-refractivity contribution in [2.75, 3.05) is 20.2 Å². The van der Waals surface area contributed by atoms with Crippen molar-refractivity contribution in [1.82, 2.24) is 4.31 Å². The van der Waals surface area contributed by atoms with Gasteiger partial charge in [0, 0.05) is 13.6 Å². The topological polar surface area (TPSA) is 57.6 Å². The van der Waals surface area contributed by atoms with Crippen LogP contribution >= 0.6 is 0 Å². The minimum Gasteiger partial charge on any atom is -0.395 e. The van der Waals surface area contributed by atoms with Crippen LogP contribution in [-0.2, 0) is 10.0 Å². The van der Waals surface area contributed by atoms with Gasteiger partial charge in [0.05, 0.1) is 11.5 Å². The smallest absolute Gasteiger partial charge is 0.243 e. The van der Waals surface area contributed by atoms with E-state index in [1.54, 1.807) is 13.0 Å². The lowest BCUT2D eigenvalue weighted by Gasteiger charge is -2.18. The molecule has 0 aliphatic heterocycles. The molecule has 0 heterocycles. The molecule has 4 nitrogen and oxygen atoms in total. The van der Waals surface area contributed by atoms with Crippen LogP contribution in [0, 0.1) is 6.92 Å². The molecule has 1 rings (SSSR count). The molecule has 0 bridgehead atoms. The molecule has 0 unspecified atom stereocenters. The number of hydrogen-bond donors (Lipinski definition) is 1. The summed E-state index contributed by atoms with van der Waals surface area (Å²) >= 11 is 0. The lowest BCUT2D eigenvalue weighted by atomic mass is 10.0. The SMILES string of the molecule is Cc1ccc(C(C)C)cc1S(=O)(=O)N(C)CCO. The maximum Gasteiger partial charge on any atom is 0.243 e. The average molecular weight is 271 g/mol. The number of benzene rings is 1. The molecule has 1 aromatic rings. The molecule has 1 aromatic carbocycles. The Morgan fingerprint density at radius 1 is 1.33 bits per heavy atom. The van der Waals surface area contributed by atoms with Gasteiger partial charge < -0.3 is 5.11 Å². The van der Waals surface area contributed by atoms with Gasteiger partial charge in [0.1, 0.15) is 0 Å². The number of aliphatic hydroxyl groups is 1. The van der Waals surface area contributed by atoms with Crippen molar-refractivity contribution in [3.63, 3.8) is 0 Å². The van der Waals surface area contributed by atoms with Crippen LogP contribution in [0.25, 0.3) is 0 Å². The van der Waals surface area contributed by atoms with E-state index in [4.69, 9.17) is 5.11 Å². The number of aliphatic hydroxyl groups excluding tert-OH is 1. The van der Waals surface area contributed by atoms with Crippen LogP contribution in [0.2, 0.25) is 0 Å². The highest BCUT2D eigenvalue weighted by Crippen LogP contribution is 2.24. The zero-order chi connectivity index (χ0) is 13.9. The van der Waals surface area contributed by atoms with Crippen LogP contribution in [0.1, 0.15) is 30.9 Å². The second-order valence-electron chi connectivity index (χ2n) is 4.73.